The zero-order valence-corrected chi connectivity index (χ0v) is 12.3. The highest BCUT2D eigenvalue weighted by Crippen LogP contribution is 2.39. The number of rotatable bonds is 2. The standard InChI is InChI=1S/C13H22ClN3O/c1-9(2)17-12(11(14)8-15-17)13(18)5-6-16(4)10(3)7-13/h8-10,18H,5-7H2,1-4H3. The van der Waals surface area contributed by atoms with Crippen LogP contribution >= 0.6 is 11.6 Å². The van der Waals surface area contributed by atoms with Gasteiger partial charge in [0.15, 0.2) is 0 Å². The van der Waals surface area contributed by atoms with Crippen LogP contribution in [0.3, 0.4) is 0 Å². The molecule has 0 saturated carbocycles. The van der Waals surface area contributed by atoms with Gasteiger partial charge in [-0.25, -0.2) is 0 Å². The lowest BCUT2D eigenvalue weighted by Crippen LogP contribution is -2.47. The van der Waals surface area contributed by atoms with E-state index < -0.39 is 5.60 Å². The van der Waals surface area contributed by atoms with Gasteiger partial charge in [-0.05, 0) is 40.7 Å². The normalized spacial score (nSPS) is 30.1. The lowest BCUT2D eigenvalue weighted by molar-refractivity contribution is -0.0477. The van der Waals surface area contributed by atoms with Crippen LogP contribution in [0.25, 0.3) is 0 Å². The number of halogens is 1. The highest BCUT2D eigenvalue weighted by Gasteiger charge is 2.41. The first-order valence-electron chi connectivity index (χ1n) is 6.51. The van der Waals surface area contributed by atoms with Crippen molar-refractivity contribution in [3.63, 3.8) is 0 Å². The molecule has 1 aromatic rings. The number of piperidine rings is 1. The smallest absolute Gasteiger partial charge is 0.110 e. The molecule has 1 fully saturated rings. The third-order valence-corrected chi connectivity index (χ3v) is 4.22. The summed E-state index contributed by atoms with van der Waals surface area (Å²) in [6.45, 7) is 7.11. The van der Waals surface area contributed by atoms with Crippen molar-refractivity contribution in [1.29, 1.82) is 0 Å². The van der Waals surface area contributed by atoms with Gasteiger partial charge in [0.1, 0.15) is 5.60 Å². The highest BCUT2D eigenvalue weighted by atomic mass is 35.5. The van der Waals surface area contributed by atoms with Crippen LogP contribution in [0.5, 0.6) is 0 Å². The Kier molecular flexibility index (Phi) is 3.72. The first-order valence-corrected chi connectivity index (χ1v) is 6.89. The summed E-state index contributed by atoms with van der Waals surface area (Å²) in [4.78, 5) is 2.26. The minimum atomic E-state index is -0.857. The van der Waals surface area contributed by atoms with E-state index in [1.54, 1.807) is 6.20 Å². The second kappa shape index (κ2) is 4.83. The van der Waals surface area contributed by atoms with E-state index in [1.807, 2.05) is 4.68 Å². The predicted molar refractivity (Wildman–Crippen MR) is 72.8 cm³/mol. The second-order valence-corrected chi connectivity index (χ2v) is 6.10. The van der Waals surface area contributed by atoms with Crippen LogP contribution in [0.2, 0.25) is 5.02 Å². The topological polar surface area (TPSA) is 41.3 Å². The van der Waals surface area contributed by atoms with Crippen LogP contribution in [0, 0.1) is 0 Å². The van der Waals surface area contributed by atoms with Crippen LogP contribution in [-0.4, -0.2) is 39.4 Å². The molecule has 0 amide bonds. The summed E-state index contributed by atoms with van der Waals surface area (Å²) in [5.41, 5.74) is -0.0804. The summed E-state index contributed by atoms with van der Waals surface area (Å²) in [6.07, 6.45) is 3.03. The third-order valence-electron chi connectivity index (χ3n) is 3.94. The molecular weight excluding hydrogens is 250 g/mol. The van der Waals surface area contributed by atoms with Crippen molar-refractivity contribution < 1.29 is 5.11 Å². The first-order chi connectivity index (χ1) is 8.35. The average Bonchev–Trinajstić information content (AvgIpc) is 2.67. The van der Waals surface area contributed by atoms with Crippen molar-refractivity contribution in [1.82, 2.24) is 14.7 Å². The Balaban J connectivity index is 2.38. The van der Waals surface area contributed by atoms with E-state index in [1.165, 1.54) is 0 Å². The van der Waals surface area contributed by atoms with Gasteiger partial charge in [0.05, 0.1) is 16.9 Å². The maximum absolute atomic E-state index is 11.0. The molecule has 5 heteroatoms. The van der Waals surface area contributed by atoms with Crippen molar-refractivity contribution >= 4 is 11.6 Å². The molecule has 0 radical (unpaired) electrons. The Bertz CT molecular complexity index is 432. The fraction of sp³-hybridized carbons (Fsp3) is 0.769. The molecule has 1 aliphatic heterocycles. The number of likely N-dealkylation sites (tertiary alicyclic amines) is 1. The van der Waals surface area contributed by atoms with Crippen molar-refractivity contribution in [3.05, 3.63) is 16.9 Å². The monoisotopic (exact) mass is 271 g/mol. The summed E-state index contributed by atoms with van der Waals surface area (Å²) in [7, 11) is 2.09. The molecule has 102 valence electrons. The van der Waals surface area contributed by atoms with E-state index in [4.69, 9.17) is 11.6 Å². The molecule has 1 aliphatic rings. The quantitative estimate of drug-likeness (QED) is 0.898. The molecule has 0 aromatic carbocycles. The number of aromatic nitrogens is 2. The summed E-state index contributed by atoms with van der Waals surface area (Å²) in [5, 5.41) is 15.8. The van der Waals surface area contributed by atoms with Gasteiger partial charge in [-0.2, -0.15) is 5.10 Å². The molecule has 18 heavy (non-hydrogen) atoms. The van der Waals surface area contributed by atoms with Crippen LogP contribution < -0.4 is 0 Å². The fourth-order valence-corrected chi connectivity index (χ4v) is 3.02. The van der Waals surface area contributed by atoms with E-state index >= 15 is 0 Å². The van der Waals surface area contributed by atoms with Crippen LogP contribution in [0.4, 0.5) is 0 Å². The van der Waals surface area contributed by atoms with E-state index in [2.05, 4.69) is 37.8 Å². The van der Waals surface area contributed by atoms with Gasteiger partial charge in [-0.15, -0.1) is 0 Å². The van der Waals surface area contributed by atoms with E-state index in [0.717, 1.165) is 12.2 Å². The minimum absolute atomic E-state index is 0.200. The van der Waals surface area contributed by atoms with Crippen LogP contribution in [0.1, 0.15) is 45.3 Å². The summed E-state index contributed by atoms with van der Waals surface area (Å²) < 4.78 is 1.85. The number of nitrogens with zero attached hydrogens (tertiary/aromatic N) is 3. The Morgan fingerprint density at radius 3 is 2.78 bits per heavy atom. The molecule has 0 aliphatic carbocycles. The van der Waals surface area contributed by atoms with Crippen LogP contribution in [0.15, 0.2) is 6.20 Å². The Morgan fingerprint density at radius 1 is 1.56 bits per heavy atom. The van der Waals surface area contributed by atoms with Crippen LogP contribution in [-0.2, 0) is 5.60 Å². The maximum atomic E-state index is 11.0. The Labute approximate surface area is 114 Å². The van der Waals surface area contributed by atoms with Crippen molar-refractivity contribution in [2.24, 2.45) is 0 Å². The van der Waals surface area contributed by atoms with Gasteiger partial charge < -0.3 is 10.0 Å². The number of hydrogen-bond donors (Lipinski definition) is 1. The Hall–Kier alpha value is -0.580. The molecule has 1 N–H and O–H groups in total. The summed E-state index contributed by atoms with van der Waals surface area (Å²) >= 11 is 6.24. The van der Waals surface area contributed by atoms with Crippen molar-refractivity contribution in [3.8, 4) is 0 Å². The molecule has 1 aromatic heterocycles. The molecular formula is C13H22ClN3O. The second-order valence-electron chi connectivity index (χ2n) is 5.69. The first kappa shape index (κ1) is 13.8. The van der Waals surface area contributed by atoms with Gasteiger partial charge in [0.25, 0.3) is 0 Å². The lowest BCUT2D eigenvalue weighted by atomic mass is 9.84. The zero-order chi connectivity index (χ0) is 13.5. The zero-order valence-electron chi connectivity index (χ0n) is 11.5. The van der Waals surface area contributed by atoms with E-state index in [9.17, 15) is 5.11 Å². The minimum Gasteiger partial charge on any atom is -0.383 e. The van der Waals surface area contributed by atoms with Crippen molar-refractivity contribution in [2.45, 2.75) is 51.3 Å². The molecule has 2 rings (SSSR count). The lowest BCUT2D eigenvalue weighted by Gasteiger charge is -2.41. The van der Waals surface area contributed by atoms with E-state index in [-0.39, 0.29) is 6.04 Å². The Morgan fingerprint density at radius 2 is 2.22 bits per heavy atom. The molecule has 4 nitrogen and oxygen atoms in total. The molecule has 0 spiro atoms. The highest BCUT2D eigenvalue weighted by molar-refractivity contribution is 6.31. The van der Waals surface area contributed by atoms with Gasteiger partial charge in [-0.3, -0.25) is 4.68 Å². The average molecular weight is 272 g/mol. The molecule has 2 atom stereocenters. The van der Waals surface area contributed by atoms with Gasteiger partial charge >= 0.3 is 0 Å². The summed E-state index contributed by atoms with van der Waals surface area (Å²) in [5.74, 6) is 0. The predicted octanol–water partition coefficient (Wildman–Crippen LogP) is 2.42. The van der Waals surface area contributed by atoms with Gasteiger partial charge in [-0.1, -0.05) is 11.6 Å². The van der Waals surface area contributed by atoms with Crippen molar-refractivity contribution in [2.75, 3.05) is 13.6 Å². The number of hydrogen-bond acceptors (Lipinski definition) is 3. The molecule has 1 saturated heterocycles. The maximum Gasteiger partial charge on any atom is 0.110 e. The van der Waals surface area contributed by atoms with Gasteiger partial charge in [0, 0.05) is 18.6 Å². The SMILES string of the molecule is CC1CC(O)(c2c(Cl)cnn2C(C)C)CCN1C. The number of aliphatic hydroxyl groups is 1. The molecule has 2 heterocycles. The molecule has 0 bridgehead atoms. The van der Waals surface area contributed by atoms with Gasteiger partial charge in [0.2, 0.25) is 0 Å². The van der Waals surface area contributed by atoms with E-state index in [0.29, 0.717) is 23.9 Å². The largest absolute Gasteiger partial charge is 0.383 e. The summed E-state index contributed by atoms with van der Waals surface area (Å²) in [6, 6.07) is 0.543. The molecule has 2 unspecified atom stereocenters. The third kappa shape index (κ3) is 2.29. The fourth-order valence-electron chi connectivity index (χ4n) is 2.71.